The lowest BCUT2D eigenvalue weighted by Crippen LogP contribution is -2.46. The first-order valence-electron chi connectivity index (χ1n) is 16.9. The summed E-state index contributed by atoms with van der Waals surface area (Å²) in [5.74, 6) is 1.31. The summed E-state index contributed by atoms with van der Waals surface area (Å²) < 4.78 is 14.5. The minimum absolute atomic E-state index is 0.174. The predicted octanol–water partition coefficient (Wildman–Crippen LogP) is 10.2. The van der Waals surface area contributed by atoms with Crippen LogP contribution in [0.4, 0.5) is 0 Å². The van der Waals surface area contributed by atoms with Gasteiger partial charge in [0.05, 0.1) is 6.42 Å². The summed E-state index contributed by atoms with van der Waals surface area (Å²) in [5.41, 5.74) is 7.21. The molecule has 2 aliphatic heterocycles. The van der Waals surface area contributed by atoms with Gasteiger partial charge < -0.3 is 9.47 Å². The highest BCUT2D eigenvalue weighted by Gasteiger charge is 2.57. The second kappa shape index (κ2) is 11.8. The van der Waals surface area contributed by atoms with Gasteiger partial charge in [-0.1, -0.05) is 161 Å². The van der Waals surface area contributed by atoms with E-state index in [1.807, 2.05) is 0 Å². The van der Waals surface area contributed by atoms with Gasteiger partial charge in [-0.3, -0.25) is 0 Å². The molecule has 2 heterocycles. The highest BCUT2D eigenvalue weighted by Crippen LogP contribution is 2.52. The van der Waals surface area contributed by atoms with E-state index in [4.69, 9.17) is 19.5 Å². The molecular weight excluding hydrogens is 576 g/mol. The van der Waals surface area contributed by atoms with Crippen molar-refractivity contribution in [3.05, 3.63) is 142 Å². The monoisotopic (exact) mass is 626 g/mol. The first kappa shape index (κ1) is 32.7. The zero-order valence-electron chi connectivity index (χ0n) is 29.8. The Morgan fingerprint density at radius 2 is 0.766 bits per heavy atom. The van der Waals surface area contributed by atoms with Gasteiger partial charge in [0.2, 0.25) is 0 Å². The molecule has 0 amide bonds. The fourth-order valence-electron chi connectivity index (χ4n) is 7.61. The molecule has 0 unspecified atom stereocenters. The van der Waals surface area contributed by atoms with E-state index in [1.165, 1.54) is 22.3 Å². The molecule has 0 spiro atoms. The quantitative estimate of drug-likeness (QED) is 0.214. The summed E-state index contributed by atoms with van der Waals surface area (Å²) >= 11 is 0. The first-order chi connectivity index (χ1) is 22.1. The maximum absolute atomic E-state index is 7.26. The fraction of sp³-hybridized carbons (Fsp3) is 0.395. The molecule has 4 heteroatoms. The van der Waals surface area contributed by atoms with Crippen LogP contribution < -0.4 is 0 Å². The smallest absolute Gasteiger partial charge is 0.194 e. The Kier molecular flexibility index (Phi) is 8.23. The third-order valence-corrected chi connectivity index (χ3v) is 9.60. The molecule has 4 aromatic rings. The van der Waals surface area contributed by atoms with E-state index in [-0.39, 0.29) is 22.9 Å². The third kappa shape index (κ3) is 5.92. The number of nitrogens with zero attached hydrogens (tertiary/aromatic N) is 2. The third-order valence-electron chi connectivity index (χ3n) is 9.60. The molecule has 2 aliphatic rings. The lowest BCUT2D eigenvalue weighted by molar-refractivity contribution is 0.0483. The predicted molar refractivity (Wildman–Crippen MR) is 194 cm³/mol. The molecule has 0 fully saturated rings. The number of benzene rings is 4. The Hall–Kier alpha value is -4.18. The van der Waals surface area contributed by atoms with Gasteiger partial charge in [-0.15, -0.1) is 0 Å². The Labute approximate surface area is 282 Å². The molecule has 0 saturated carbocycles. The molecule has 0 saturated heterocycles. The minimum atomic E-state index is -0.793. The van der Waals surface area contributed by atoms with Gasteiger partial charge >= 0.3 is 0 Å². The second-order valence-electron chi connectivity index (χ2n) is 15.9. The van der Waals surface area contributed by atoms with E-state index in [2.05, 4.69) is 166 Å². The summed E-state index contributed by atoms with van der Waals surface area (Å²) in [6, 6.07) is 34.5. The summed E-state index contributed by atoms with van der Waals surface area (Å²) in [7, 11) is 0. The number of hydrogen-bond donors (Lipinski definition) is 0. The molecule has 2 atom stereocenters. The fourth-order valence-corrected chi connectivity index (χ4v) is 7.61. The summed E-state index contributed by atoms with van der Waals surface area (Å²) in [6.07, 6.45) is 0.373. The van der Waals surface area contributed by atoms with Gasteiger partial charge in [-0.25, -0.2) is 9.98 Å². The van der Waals surface area contributed by atoms with Gasteiger partial charge in [0, 0.05) is 22.3 Å². The topological polar surface area (TPSA) is 43.2 Å². The van der Waals surface area contributed by atoms with Crippen molar-refractivity contribution in [2.75, 3.05) is 0 Å². The Morgan fingerprint density at radius 1 is 0.489 bits per heavy atom. The normalized spacial score (nSPS) is 20.3. The van der Waals surface area contributed by atoms with Crippen LogP contribution in [0.5, 0.6) is 0 Å². The molecule has 0 N–H and O–H groups in total. The van der Waals surface area contributed by atoms with Gasteiger partial charge in [-0.2, -0.15) is 0 Å². The summed E-state index contributed by atoms with van der Waals surface area (Å²) in [6.45, 7) is 22.1. The lowest BCUT2D eigenvalue weighted by atomic mass is 9.70. The van der Waals surface area contributed by atoms with Crippen molar-refractivity contribution in [1.29, 1.82) is 0 Å². The zero-order chi connectivity index (χ0) is 33.8. The van der Waals surface area contributed by atoms with Gasteiger partial charge in [0.1, 0.15) is 12.1 Å². The van der Waals surface area contributed by atoms with Crippen LogP contribution in [0.3, 0.4) is 0 Å². The number of ether oxygens (including phenoxy) is 2. The second-order valence-corrected chi connectivity index (χ2v) is 15.9. The summed E-state index contributed by atoms with van der Waals surface area (Å²) in [5, 5.41) is 0. The number of hydrogen-bond acceptors (Lipinski definition) is 4. The SMILES string of the molecule is Cc1cccc(C2(c3cccc(C)c3)OC(CC3=N[C@H](C(C)(C)C)C(c4cccc(C)c4)(c4cccc(C)c4)O3)=N[C@@H]2C(C)(C)C)c1. The van der Waals surface area contributed by atoms with Gasteiger partial charge in [0.15, 0.2) is 23.0 Å². The van der Waals surface area contributed by atoms with Crippen LogP contribution in [0.15, 0.2) is 107 Å². The maximum Gasteiger partial charge on any atom is 0.194 e. The highest BCUT2D eigenvalue weighted by molar-refractivity contribution is 5.99. The molecule has 0 aromatic heterocycles. The lowest BCUT2D eigenvalue weighted by Gasteiger charge is -2.41. The van der Waals surface area contributed by atoms with Gasteiger partial charge in [-0.05, 0) is 38.5 Å². The Morgan fingerprint density at radius 3 is 1.00 bits per heavy atom. The molecule has 0 radical (unpaired) electrons. The largest absolute Gasteiger partial charge is 0.462 e. The Bertz CT molecular complexity index is 1630. The van der Waals surface area contributed by atoms with Crippen LogP contribution in [0, 0.1) is 38.5 Å². The van der Waals surface area contributed by atoms with Crippen LogP contribution in [0.2, 0.25) is 0 Å². The average Bonchev–Trinajstić information content (AvgIpc) is 3.59. The van der Waals surface area contributed by atoms with E-state index in [9.17, 15) is 0 Å². The molecule has 4 aromatic carbocycles. The van der Waals surface area contributed by atoms with Crippen LogP contribution in [0.1, 0.15) is 92.5 Å². The van der Waals surface area contributed by atoms with Crippen LogP contribution in [0.25, 0.3) is 0 Å². The van der Waals surface area contributed by atoms with Gasteiger partial charge in [0.25, 0.3) is 0 Å². The van der Waals surface area contributed by atoms with Crippen molar-refractivity contribution in [3.63, 3.8) is 0 Å². The highest BCUT2D eigenvalue weighted by atomic mass is 16.5. The molecule has 0 bridgehead atoms. The van der Waals surface area contributed by atoms with E-state index in [1.54, 1.807) is 0 Å². The Balaban J connectivity index is 1.48. The zero-order valence-corrected chi connectivity index (χ0v) is 29.8. The van der Waals surface area contributed by atoms with Crippen molar-refractivity contribution < 1.29 is 9.47 Å². The summed E-state index contributed by atoms with van der Waals surface area (Å²) in [4.78, 5) is 10.9. The van der Waals surface area contributed by atoms with Crippen molar-refractivity contribution in [3.8, 4) is 0 Å². The molecular formula is C43H50N2O2. The van der Waals surface area contributed by atoms with Crippen LogP contribution in [-0.4, -0.2) is 23.9 Å². The molecule has 47 heavy (non-hydrogen) atoms. The van der Waals surface area contributed by atoms with E-state index >= 15 is 0 Å². The number of aryl methyl sites for hydroxylation is 4. The van der Waals surface area contributed by atoms with Crippen molar-refractivity contribution in [1.82, 2.24) is 0 Å². The molecule has 6 rings (SSSR count). The maximum atomic E-state index is 7.26. The van der Waals surface area contributed by atoms with Crippen LogP contribution >= 0.6 is 0 Å². The standard InChI is InChI=1S/C43H50N2O2/c1-28-15-11-19-32(23-28)42(33-20-12-16-29(2)24-33)38(40(5,6)7)44-36(46-42)27-37-45-39(41(8,9)10)43(47-37,34-21-13-17-30(3)25-34)35-22-14-18-31(4)26-35/h11-26,38-39H,27H2,1-10H3/t38-,39-/m1/s1. The van der Waals surface area contributed by atoms with Crippen molar-refractivity contribution in [2.24, 2.45) is 20.8 Å². The number of rotatable bonds is 6. The van der Waals surface area contributed by atoms with E-state index < -0.39 is 11.2 Å². The molecule has 0 aliphatic carbocycles. The van der Waals surface area contributed by atoms with E-state index in [0.29, 0.717) is 18.2 Å². The number of aliphatic imine (C=N–C) groups is 2. The minimum Gasteiger partial charge on any atom is -0.462 e. The average molecular weight is 627 g/mol. The van der Waals surface area contributed by atoms with Crippen LogP contribution in [-0.2, 0) is 20.7 Å². The molecule has 4 nitrogen and oxygen atoms in total. The first-order valence-corrected chi connectivity index (χ1v) is 16.9. The van der Waals surface area contributed by atoms with Crippen molar-refractivity contribution >= 4 is 11.8 Å². The molecule has 244 valence electrons. The van der Waals surface area contributed by atoms with E-state index in [0.717, 1.165) is 22.3 Å². The van der Waals surface area contributed by atoms with Crippen molar-refractivity contribution in [2.45, 2.75) is 98.9 Å².